The molecule has 180 valence electrons. The lowest BCUT2D eigenvalue weighted by molar-refractivity contribution is 0.0124. The van der Waals surface area contributed by atoms with Crippen molar-refractivity contribution in [2.45, 2.75) is 31.2 Å². The predicted molar refractivity (Wildman–Crippen MR) is 127 cm³/mol. The molecule has 0 aliphatic carbocycles. The van der Waals surface area contributed by atoms with Crippen LogP contribution in [0.15, 0.2) is 47.4 Å². The zero-order chi connectivity index (χ0) is 24.0. The first kappa shape index (κ1) is 25.4. The lowest BCUT2D eigenvalue weighted by Gasteiger charge is -2.35. The number of anilines is 1. The quantitative estimate of drug-likeness (QED) is 0.551. The number of nitrogens with zero attached hydrogens (tertiary/aromatic N) is 1. The van der Waals surface area contributed by atoms with Crippen LogP contribution in [-0.4, -0.2) is 58.1 Å². The summed E-state index contributed by atoms with van der Waals surface area (Å²) in [4.78, 5) is 15.1. The van der Waals surface area contributed by atoms with Gasteiger partial charge in [-0.2, -0.15) is 0 Å². The van der Waals surface area contributed by atoms with Crippen molar-refractivity contribution in [3.8, 4) is 0 Å². The lowest BCUT2D eigenvalue weighted by atomic mass is 10.0. The van der Waals surface area contributed by atoms with Gasteiger partial charge in [-0.25, -0.2) is 12.8 Å². The zero-order valence-electron chi connectivity index (χ0n) is 18.7. The Morgan fingerprint density at radius 2 is 1.82 bits per heavy atom. The van der Waals surface area contributed by atoms with Crippen LogP contribution in [-0.2, 0) is 14.8 Å². The molecule has 2 N–H and O–H groups in total. The van der Waals surface area contributed by atoms with Crippen molar-refractivity contribution in [3.05, 3.63) is 58.9 Å². The van der Waals surface area contributed by atoms with Gasteiger partial charge in [0.1, 0.15) is 5.82 Å². The molecule has 10 heteroatoms. The molecule has 0 aromatic heterocycles. The van der Waals surface area contributed by atoms with Gasteiger partial charge in [-0.3, -0.25) is 14.4 Å². The maximum atomic E-state index is 13.1. The second-order valence-corrected chi connectivity index (χ2v) is 10.5. The molecule has 7 nitrogen and oxygen atoms in total. The molecule has 1 saturated heterocycles. The van der Waals surface area contributed by atoms with Crippen molar-refractivity contribution < 1.29 is 22.3 Å². The summed E-state index contributed by atoms with van der Waals surface area (Å²) in [6, 6.07) is 9.01. The highest BCUT2D eigenvalue weighted by molar-refractivity contribution is 7.92. The number of hydrogen-bond donors (Lipinski definition) is 2. The number of sulfonamides is 1. The van der Waals surface area contributed by atoms with Crippen LogP contribution in [0.3, 0.4) is 0 Å². The first-order valence-electron chi connectivity index (χ1n) is 10.8. The normalized spacial score (nSPS) is 15.9. The molecule has 2 aromatic carbocycles. The third kappa shape index (κ3) is 7.14. The van der Waals surface area contributed by atoms with Crippen molar-refractivity contribution in [3.63, 3.8) is 0 Å². The number of benzene rings is 2. The van der Waals surface area contributed by atoms with E-state index in [2.05, 4.69) is 28.8 Å². The molecule has 1 atom stereocenters. The fourth-order valence-corrected chi connectivity index (χ4v) is 5.01. The van der Waals surface area contributed by atoms with E-state index in [1.165, 1.54) is 12.1 Å². The van der Waals surface area contributed by atoms with E-state index in [0.29, 0.717) is 25.7 Å². The molecule has 33 heavy (non-hydrogen) atoms. The minimum absolute atomic E-state index is 0.0700. The van der Waals surface area contributed by atoms with Crippen LogP contribution < -0.4 is 10.0 Å². The number of morpholine rings is 1. The van der Waals surface area contributed by atoms with Crippen LogP contribution >= 0.6 is 11.6 Å². The Hall–Kier alpha value is -2.20. The standard InChI is InChI=1S/C23H29ClFN3O4S/c1-16(2)13-19(28-9-11-32-12-10-28)15-26-23(29)17-3-8-21(24)22(14-17)27-33(30,31)20-6-4-18(25)5-7-20/h3-8,14,16,19,27H,9-13,15H2,1-2H3,(H,26,29). The number of amides is 1. The maximum Gasteiger partial charge on any atom is 0.261 e. The smallest absolute Gasteiger partial charge is 0.261 e. The van der Waals surface area contributed by atoms with Crippen LogP contribution in [0.25, 0.3) is 0 Å². The Labute approximate surface area is 199 Å². The Kier molecular flexibility index (Phi) is 8.69. The van der Waals surface area contributed by atoms with E-state index in [0.717, 1.165) is 43.8 Å². The Morgan fingerprint density at radius 1 is 1.15 bits per heavy atom. The lowest BCUT2D eigenvalue weighted by Crippen LogP contribution is -2.49. The minimum Gasteiger partial charge on any atom is -0.379 e. The summed E-state index contributed by atoms with van der Waals surface area (Å²) in [7, 11) is -4.00. The first-order valence-corrected chi connectivity index (χ1v) is 12.7. The number of halogens is 2. The fraction of sp³-hybridized carbons (Fsp3) is 0.435. The molecule has 1 heterocycles. The average Bonchev–Trinajstić information content (AvgIpc) is 2.78. The summed E-state index contributed by atoms with van der Waals surface area (Å²) in [6.07, 6.45) is 0.934. The van der Waals surface area contributed by atoms with E-state index in [-0.39, 0.29) is 33.1 Å². The number of rotatable bonds is 9. The largest absolute Gasteiger partial charge is 0.379 e. The summed E-state index contributed by atoms with van der Waals surface area (Å²) in [6.45, 7) is 7.76. The second kappa shape index (κ2) is 11.3. The fourth-order valence-electron chi connectivity index (χ4n) is 3.72. The van der Waals surface area contributed by atoms with E-state index in [9.17, 15) is 17.6 Å². The van der Waals surface area contributed by atoms with Gasteiger partial charge in [-0.05, 0) is 54.8 Å². The zero-order valence-corrected chi connectivity index (χ0v) is 20.3. The average molecular weight is 498 g/mol. The molecule has 0 spiro atoms. The van der Waals surface area contributed by atoms with Gasteiger partial charge in [0, 0.05) is 31.2 Å². The molecule has 0 bridgehead atoms. The first-order chi connectivity index (χ1) is 15.7. The van der Waals surface area contributed by atoms with E-state index >= 15 is 0 Å². The maximum absolute atomic E-state index is 13.1. The van der Waals surface area contributed by atoms with Crippen molar-refractivity contribution in [2.24, 2.45) is 5.92 Å². The van der Waals surface area contributed by atoms with E-state index < -0.39 is 15.8 Å². The minimum atomic E-state index is -4.00. The van der Waals surface area contributed by atoms with Crippen molar-refractivity contribution >= 4 is 33.2 Å². The van der Waals surface area contributed by atoms with Crippen LogP contribution in [0.1, 0.15) is 30.6 Å². The van der Waals surface area contributed by atoms with E-state index in [1.54, 1.807) is 6.07 Å². The van der Waals surface area contributed by atoms with Gasteiger partial charge in [0.2, 0.25) is 0 Å². The Morgan fingerprint density at radius 3 is 2.45 bits per heavy atom. The van der Waals surface area contributed by atoms with Crippen LogP contribution in [0.4, 0.5) is 10.1 Å². The number of ether oxygens (including phenoxy) is 1. The molecule has 0 saturated carbocycles. The summed E-state index contributed by atoms with van der Waals surface area (Å²) < 4.78 is 46.2. The molecule has 0 radical (unpaired) electrons. The molecule has 1 unspecified atom stereocenters. The molecule has 1 aliphatic heterocycles. The number of carbonyl (C=O) groups excluding carboxylic acids is 1. The van der Waals surface area contributed by atoms with Gasteiger partial charge in [0.15, 0.2) is 0 Å². The number of nitrogens with one attached hydrogen (secondary N) is 2. The molecule has 3 rings (SSSR count). The van der Waals surface area contributed by atoms with Gasteiger partial charge in [-0.1, -0.05) is 25.4 Å². The topological polar surface area (TPSA) is 87.7 Å². The highest BCUT2D eigenvalue weighted by atomic mass is 35.5. The van der Waals surface area contributed by atoms with Gasteiger partial charge in [-0.15, -0.1) is 0 Å². The molecular formula is C23H29ClFN3O4S. The SMILES string of the molecule is CC(C)CC(CNC(=O)c1ccc(Cl)c(NS(=O)(=O)c2ccc(F)cc2)c1)N1CCOCC1. The summed E-state index contributed by atoms with van der Waals surface area (Å²) in [5.41, 5.74) is 0.349. The van der Waals surface area contributed by atoms with Gasteiger partial charge in [0.05, 0.1) is 28.8 Å². The van der Waals surface area contributed by atoms with E-state index in [1.807, 2.05) is 0 Å². The Bertz CT molecular complexity index is 1060. The third-order valence-corrected chi connectivity index (χ3v) is 7.11. The molecule has 1 aliphatic rings. The predicted octanol–water partition coefficient (Wildman–Crippen LogP) is 3.76. The van der Waals surface area contributed by atoms with Crippen molar-refractivity contribution in [2.75, 3.05) is 37.6 Å². The summed E-state index contributed by atoms with van der Waals surface area (Å²) in [5.74, 6) is -0.396. The number of carbonyl (C=O) groups is 1. The molecule has 1 fully saturated rings. The highest BCUT2D eigenvalue weighted by Crippen LogP contribution is 2.26. The number of hydrogen-bond acceptors (Lipinski definition) is 5. The Balaban J connectivity index is 1.70. The summed E-state index contributed by atoms with van der Waals surface area (Å²) >= 11 is 6.17. The van der Waals surface area contributed by atoms with Gasteiger partial charge < -0.3 is 10.1 Å². The van der Waals surface area contributed by atoms with Gasteiger partial charge >= 0.3 is 0 Å². The van der Waals surface area contributed by atoms with Crippen LogP contribution in [0.5, 0.6) is 0 Å². The van der Waals surface area contributed by atoms with Crippen molar-refractivity contribution in [1.29, 1.82) is 0 Å². The summed E-state index contributed by atoms with van der Waals surface area (Å²) in [5, 5.41) is 3.11. The monoisotopic (exact) mass is 497 g/mol. The van der Waals surface area contributed by atoms with E-state index in [4.69, 9.17) is 16.3 Å². The van der Waals surface area contributed by atoms with Crippen LogP contribution in [0.2, 0.25) is 5.02 Å². The molecular weight excluding hydrogens is 469 g/mol. The van der Waals surface area contributed by atoms with Crippen molar-refractivity contribution in [1.82, 2.24) is 10.2 Å². The second-order valence-electron chi connectivity index (χ2n) is 8.40. The highest BCUT2D eigenvalue weighted by Gasteiger charge is 2.23. The van der Waals surface area contributed by atoms with Gasteiger partial charge in [0.25, 0.3) is 15.9 Å². The molecule has 2 aromatic rings. The molecule has 1 amide bonds. The third-order valence-electron chi connectivity index (χ3n) is 5.40. The van der Waals surface area contributed by atoms with Crippen LogP contribution in [0, 0.1) is 11.7 Å².